The molecule has 1 aromatic heterocycles. The highest BCUT2D eigenvalue weighted by Gasteiger charge is 2.17. The number of aliphatic carboxylic acids is 1. The molecule has 4 rings (SSSR count). The average Bonchev–Trinajstić information content (AvgIpc) is 3.30. The van der Waals surface area contributed by atoms with E-state index in [0.717, 1.165) is 10.3 Å². The number of hydrogen-bond donors (Lipinski definition) is 1. The lowest BCUT2D eigenvalue weighted by Crippen LogP contribution is -2.25. The molecule has 0 fully saturated rings. The number of nitrogens with zero attached hydrogens (tertiary/aromatic N) is 3. The van der Waals surface area contributed by atoms with E-state index >= 15 is 0 Å². The molecule has 182 valence electrons. The van der Waals surface area contributed by atoms with Gasteiger partial charge in [-0.15, -0.1) is 0 Å². The Morgan fingerprint density at radius 1 is 1.19 bits per heavy atom. The van der Waals surface area contributed by atoms with E-state index in [1.54, 1.807) is 30.3 Å². The Labute approximate surface area is 209 Å². The van der Waals surface area contributed by atoms with Crippen LogP contribution in [0.5, 0.6) is 5.75 Å². The number of fused-ring (bicyclic) bond motifs is 1. The third-order valence-electron chi connectivity index (χ3n) is 5.39. The standard InChI is InChI=1S/C26H20FN3O5S/c1-35-21-9-7-19(22(27)15-21)12-13-29(16-18-4-2-17(3-5-18)6-11-25(31)32)26-28-23-14-20(30(33)34)8-10-24(23)36-26/h2-5,7-10,14-15H,12-13,16H2,1H3,(H,31,32). The summed E-state index contributed by atoms with van der Waals surface area (Å²) in [4.78, 5) is 28.0. The Balaban J connectivity index is 1.62. The van der Waals surface area contributed by atoms with Crippen molar-refractivity contribution < 1.29 is 24.0 Å². The minimum Gasteiger partial charge on any atom is -0.497 e. The van der Waals surface area contributed by atoms with Crippen LogP contribution in [0.1, 0.15) is 16.7 Å². The third kappa shape index (κ3) is 5.95. The number of carbonyl (C=O) groups is 1. The first-order chi connectivity index (χ1) is 17.3. The number of nitro groups is 1. The predicted molar refractivity (Wildman–Crippen MR) is 135 cm³/mol. The lowest BCUT2D eigenvalue weighted by Gasteiger charge is -2.22. The van der Waals surface area contributed by atoms with Crippen molar-refractivity contribution in [2.24, 2.45) is 0 Å². The maximum atomic E-state index is 14.5. The van der Waals surface area contributed by atoms with Gasteiger partial charge in [0, 0.05) is 42.8 Å². The second-order valence-corrected chi connectivity index (χ2v) is 8.80. The summed E-state index contributed by atoms with van der Waals surface area (Å²) in [7, 11) is 1.48. The van der Waals surface area contributed by atoms with Crippen LogP contribution in [-0.2, 0) is 17.8 Å². The maximum Gasteiger partial charge on any atom is 0.382 e. The maximum absolute atomic E-state index is 14.5. The van der Waals surface area contributed by atoms with Crippen LogP contribution in [0.3, 0.4) is 0 Å². The van der Waals surface area contributed by atoms with Crippen LogP contribution in [-0.4, -0.2) is 34.6 Å². The summed E-state index contributed by atoms with van der Waals surface area (Å²) in [5, 5.41) is 20.5. The molecule has 0 saturated heterocycles. The van der Waals surface area contributed by atoms with Crippen molar-refractivity contribution in [2.45, 2.75) is 13.0 Å². The predicted octanol–water partition coefficient (Wildman–Crippen LogP) is 5.04. The molecule has 36 heavy (non-hydrogen) atoms. The van der Waals surface area contributed by atoms with Gasteiger partial charge in [-0.05, 0) is 41.8 Å². The summed E-state index contributed by atoms with van der Waals surface area (Å²) in [5.74, 6) is 3.52. The molecule has 0 unspecified atom stereocenters. The van der Waals surface area contributed by atoms with Gasteiger partial charge >= 0.3 is 5.97 Å². The van der Waals surface area contributed by atoms with Crippen molar-refractivity contribution in [1.29, 1.82) is 0 Å². The summed E-state index contributed by atoms with van der Waals surface area (Å²) < 4.78 is 20.4. The summed E-state index contributed by atoms with van der Waals surface area (Å²) >= 11 is 1.40. The first-order valence-corrected chi connectivity index (χ1v) is 11.6. The largest absolute Gasteiger partial charge is 0.497 e. The summed E-state index contributed by atoms with van der Waals surface area (Å²) in [6.45, 7) is 0.873. The zero-order chi connectivity index (χ0) is 25.7. The molecular formula is C26H20FN3O5S. The quantitative estimate of drug-likeness (QED) is 0.203. The molecule has 0 radical (unpaired) electrons. The van der Waals surface area contributed by atoms with Crippen LogP contribution in [0.15, 0.2) is 60.7 Å². The average molecular weight is 506 g/mol. The zero-order valence-corrected chi connectivity index (χ0v) is 19.9. The fourth-order valence-electron chi connectivity index (χ4n) is 3.55. The van der Waals surface area contributed by atoms with Gasteiger partial charge in [0.15, 0.2) is 5.13 Å². The number of non-ortho nitro benzene ring substituents is 1. The van der Waals surface area contributed by atoms with Crippen LogP contribution in [0, 0.1) is 27.8 Å². The summed E-state index contributed by atoms with van der Waals surface area (Å²) in [6.07, 6.45) is 0.397. The van der Waals surface area contributed by atoms with Gasteiger partial charge in [0.25, 0.3) is 5.69 Å². The number of halogens is 1. The molecule has 0 aliphatic rings. The van der Waals surface area contributed by atoms with E-state index in [0.29, 0.717) is 47.0 Å². The highest BCUT2D eigenvalue weighted by molar-refractivity contribution is 7.22. The molecule has 4 aromatic rings. The molecule has 1 N–H and O–H groups in total. The van der Waals surface area contributed by atoms with E-state index in [2.05, 4.69) is 16.8 Å². The lowest BCUT2D eigenvalue weighted by atomic mass is 10.1. The number of carboxylic acid groups (broad SMARTS) is 1. The van der Waals surface area contributed by atoms with Gasteiger partial charge in [-0.25, -0.2) is 14.2 Å². The molecule has 0 bridgehead atoms. The Bertz CT molecular complexity index is 1490. The van der Waals surface area contributed by atoms with E-state index in [4.69, 9.17) is 9.84 Å². The van der Waals surface area contributed by atoms with Gasteiger partial charge in [-0.1, -0.05) is 35.5 Å². The highest BCUT2D eigenvalue weighted by Crippen LogP contribution is 2.32. The Morgan fingerprint density at radius 3 is 2.64 bits per heavy atom. The van der Waals surface area contributed by atoms with Crippen LogP contribution in [0.2, 0.25) is 0 Å². The fraction of sp³-hybridized carbons (Fsp3) is 0.154. The number of carboxylic acids is 1. The number of rotatable bonds is 8. The molecule has 0 amide bonds. The van der Waals surface area contributed by atoms with Crippen molar-refractivity contribution >= 4 is 38.3 Å². The van der Waals surface area contributed by atoms with E-state index < -0.39 is 10.9 Å². The molecular weight excluding hydrogens is 485 g/mol. The Morgan fingerprint density at radius 2 is 1.97 bits per heavy atom. The van der Waals surface area contributed by atoms with Crippen molar-refractivity contribution in [3.63, 3.8) is 0 Å². The number of ether oxygens (including phenoxy) is 1. The second-order valence-electron chi connectivity index (χ2n) is 7.79. The monoisotopic (exact) mass is 505 g/mol. The van der Waals surface area contributed by atoms with E-state index in [1.807, 2.05) is 17.0 Å². The van der Waals surface area contributed by atoms with Gasteiger partial charge in [-0.3, -0.25) is 10.1 Å². The van der Waals surface area contributed by atoms with Gasteiger partial charge in [0.2, 0.25) is 0 Å². The van der Waals surface area contributed by atoms with Crippen LogP contribution in [0.25, 0.3) is 10.2 Å². The molecule has 0 aliphatic carbocycles. The number of nitro benzene ring substituents is 1. The molecule has 10 heteroatoms. The Hall–Kier alpha value is -4.49. The van der Waals surface area contributed by atoms with E-state index in [-0.39, 0.29) is 11.5 Å². The number of thiazole rings is 1. The SMILES string of the molecule is COc1ccc(CCN(Cc2ccc(C#CC(=O)O)cc2)c2nc3cc([N+](=O)[O-])ccc3s2)c(F)c1. The fourth-order valence-corrected chi connectivity index (χ4v) is 4.52. The molecule has 0 aliphatic heterocycles. The topological polar surface area (TPSA) is 106 Å². The van der Waals surface area contributed by atoms with Gasteiger partial charge in [0.05, 0.1) is 22.2 Å². The molecule has 0 saturated carbocycles. The third-order valence-corrected chi connectivity index (χ3v) is 6.49. The molecule has 8 nitrogen and oxygen atoms in total. The number of aromatic nitrogens is 1. The number of anilines is 1. The van der Waals surface area contributed by atoms with Gasteiger partial charge < -0.3 is 14.7 Å². The molecule has 1 heterocycles. The zero-order valence-electron chi connectivity index (χ0n) is 19.1. The first kappa shape index (κ1) is 24.6. The highest BCUT2D eigenvalue weighted by atomic mass is 32.1. The van der Waals surface area contributed by atoms with Crippen molar-refractivity contribution in [3.05, 3.63) is 93.3 Å². The lowest BCUT2D eigenvalue weighted by molar-refractivity contribution is -0.384. The normalized spacial score (nSPS) is 10.5. The smallest absolute Gasteiger partial charge is 0.382 e. The molecule has 3 aromatic carbocycles. The van der Waals surface area contributed by atoms with Crippen LogP contribution < -0.4 is 9.64 Å². The minimum absolute atomic E-state index is 0.0377. The number of hydrogen-bond acceptors (Lipinski definition) is 7. The molecule has 0 atom stereocenters. The molecule has 0 spiro atoms. The number of benzene rings is 3. The van der Waals surface area contributed by atoms with Gasteiger partial charge in [-0.2, -0.15) is 0 Å². The van der Waals surface area contributed by atoms with E-state index in [1.165, 1.54) is 36.6 Å². The van der Waals surface area contributed by atoms with E-state index in [9.17, 15) is 19.3 Å². The van der Waals surface area contributed by atoms with Gasteiger partial charge in [0.1, 0.15) is 11.6 Å². The van der Waals surface area contributed by atoms with Crippen molar-refractivity contribution in [1.82, 2.24) is 4.98 Å². The number of methoxy groups -OCH3 is 1. The van der Waals surface area contributed by atoms with Crippen LogP contribution in [0.4, 0.5) is 15.2 Å². The summed E-state index contributed by atoms with van der Waals surface area (Å²) in [5.41, 5.74) is 2.49. The Kier molecular flexibility index (Phi) is 7.42. The second kappa shape index (κ2) is 10.8. The van der Waals surface area contributed by atoms with Crippen LogP contribution >= 0.6 is 11.3 Å². The van der Waals surface area contributed by atoms with Crippen molar-refractivity contribution in [2.75, 3.05) is 18.6 Å². The first-order valence-electron chi connectivity index (χ1n) is 10.8. The minimum atomic E-state index is -1.20. The van der Waals surface area contributed by atoms with Crippen molar-refractivity contribution in [3.8, 4) is 17.6 Å². The summed E-state index contributed by atoms with van der Waals surface area (Å²) in [6, 6.07) is 16.4.